The third kappa shape index (κ3) is 6.07. The maximum atomic E-state index is 13.3. The van der Waals surface area contributed by atoms with Crippen LogP contribution in [0.1, 0.15) is 21.5 Å². The minimum absolute atomic E-state index is 0.116. The van der Waals surface area contributed by atoms with E-state index in [1.807, 2.05) is 30.5 Å². The van der Waals surface area contributed by atoms with Crippen molar-refractivity contribution in [1.82, 2.24) is 5.43 Å². The number of carbonyl (C=O) groups is 1. The Bertz CT molecular complexity index is 1030. The molecule has 0 aromatic heterocycles. The molecule has 0 atom stereocenters. The molecule has 3 rings (SSSR count). The summed E-state index contributed by atoms with van der Waals surface area (Å²) in [5.74, 6) is -0.477. The number of thioether (sulfide) groups is 1. The fraction of sp³-hybridized carbons (Fsp3) is 0.0909. The highest BCUT2D eigenvalue weighted by atomic mass is 35.5. The molecule has 0 saturated heterocycles. The number of benzene rings is 3. The first-order valence-electron chi connectivity index (χ1n) is 8.69. The molecule has 0 heterocycles. The third-order valence-corrected chi connectivity index (χ3v) is 4.94. The number of hydrogen-bond acceptors (Lipinski definition) is 4. The van der Waals surface area contributed by atoms with E-state index in [2.05, 4.69) is 10.5 Å². The molecule has 0 spiro atoms. The highest BCUT2D eigenvalue weighted by Crippen LogP contribution is 2.24. The van der Waals surface area contributed by atoms with Crippen molar-refractivity contribution in [3.8, 4) is 5.75 Å². The van der Waals surface area contributed by atoms with E-state index in [4.69, 9.17) is 16.3 Å². The molecule has 148 valence electrons. The molecule has 0 fully saturated rings. The highest BCUT2D eigenvalue weighted by molar-refractivity contribution is 7.98. The zero-order valence-corrected chi connectivity index (χ0v) is 17.1. The van der Waals surface area contributed by atoms with E-state index >= 15 is 0 Å². The summed E-state index contributed by atoms with van der Waals surface area (Å²) in [5.41, 5.74) is 4.23. The first kappa shape index (κ1) is 20.9. The molecule has 1 N–H and O–H groups in total. The molecular weight excluding hydrogens is 411 g/mol. The van der Waals surface area contributed by atoms with Crippen molar-refractivity contribution in [3.63, 3.8) is 0 Å². The number of ether oxygens (including phenoxy) is 1. The van der Waals surface area contributed by atoms with Crippen LogP contribution in [0.15, 0.2) is 76.7 Å². The van der Waals surface area contributed by atoms with Gasteiger partial charge in [0.25, 0.3) is 5.91 Å². The van der Waals surface area contributed by atoms with Gasteiger partial charge in [-0.1, -0.05) is 35.9 Å². The van der Waals surface area contributed by atoms with Crippen molar-refractivity contribution in [1.29, 1.82) is 0 Å². The molecule has 0 aliphatic rings. The fourth-order valence-electron chi connectivity index (χ4n) is 2.51. The summed E-state index contributed by atoms with van der Waals surface area (Å²) in [6, 6.07) is 18.6. The largest absolute Gasteiger partial charge is 0.488 e. The predicted octanol–water partition coefficient (Wildman–Crippen LogP) is 5.54. The molecule has 0 bridgehead atoms. The maximum Gasteiger partial charge on any atom is 0.275 e. The van der Waals surface area contributed by atoms with Crippen molar-refractivity contribution < 1.29 is 13.9 Å². The highest BCUT2D eigenvalue weighted by Gasteiger charge is 2.13. The minimum Gasteiger partial charge on any atom is -0.488 e. The van der Waals surface area contributed by atoms with Gasteiger partial charge in [-0.2, -0.15) is 5.10 Å². The number of halogens is 2. The quantitative estimate of drug-likeness (QED) is 0.305. The van der Waals surface area contributed by atoms with Gasteiger partial charge in [0, 0.05) is 9.92 Å². The molecule has 7 heteroatoms. The molecular formula is C22H18ClFN2O2S. The molecule has 0 saturated carbocycles. The number of nitrogens with zero attached hydrogens (tertiary/aromatic N) is 1. The van der Waals surface area contributed by atoms with Gasteiger partial charge < -0.3 is 4.74 Å². The first-order chi connectivity index (χ1) is 14.0. The van der Waals surface area contributed by atoms with Crippen LogP contribution in [0.2, 0.25) is 5.02 Å². The Labute approximate surface area is 177 Å². The smallest absolute Gasteiger partial charge is 0.275 e. The third-order valence-electron chi connectivity index (χ3n) is 3.97. The minimum atomic E-state index is -0.460. The summed E-state index contributed by atoms with van der Waals surface area (Å²) >= 11 is 7.68. The van der Waals surface area contributed by atoms with Crippen LogP contribution in [0.5, 0.6) is 5.75 Å². The van der Waals surface area contributed by atoms with E-state index in [0.717, 1.165) is 10.5 Å². The van der Waals surface area contributed by atoms with Gasteiger partial charge in [0.15, 0.2) is 0 Å². The molecule has 3 aromatic carbocycles. The zero-order valence-electron chi connectivity index (χ0n) is 15.6. The maximum absolute atomic E-state index is 13.3. The Morgan fingerprint density at radius 3 is 2.69 bits per heavy atom. The zero-order chi connectivity index (χ0) is 20.6. The van der Waals surface area contributed by atoms with Crippen molar-refractivity contribution in [2.24, 2.45) is 5.10 Å². The number of hydrogen-bond donors (Lipinski definition) is 1. The Morgan fingerprint density at radius 1 is 1.17 bits per heavy atom. The number of carbonyl (C=O) groups excluding carboxylic acids is 1. The van der Waals surface area contributed by atoms with Crippen LogP contribution in [0.4, 0.5) is 4.39 Å². The molecule has 1 amide bonds. The molecule has 0 unspecified atom stereocenters. The van der Waals surface area contributed by atoms with Gasteiger partial charge in [0.2, 0.25) is 0 Å². The number of rotatable bonds is 7. The summed E-state index contributed by atoms with van der Waals surface area (Å²) < 4.78 is 19.0. The molecule has 0 radical (unpaired) electrons. The topological polar surface area (TPSA) is 50.7 Å². The summed E-state index contributed by atoms with van der Waals surface area (Å²) in [4.78, 5) is 13.7. The van der Waals surface area contributed by atoms with Crippen LogP contribution in [-0.2, 0) is 6.61 Å². The Kier molecular flexibility index (Phi) is 7.27. The van der Waals surface area contributed by atoms with E-state index in [0.29, 0.717) is 16.3 Å². The number of hydrazone groups is 1. The van der Waals surface area contributed by atoms with Crippen LogP contribution in [-0.4, -0.2) is 18.4 Å². The van der Waals surface area contributed by atoms with Gasteiger partial charge in [-0.3, -0.25) is 4.79 Å². The van der Waals surface area contributed by atoms with Crippen LogP contribution in [0.25, 0.3) is 0 Å². The number of nitrogens with one attached hydrogen (secondary N) is 1. The van der Waals surface area contributed by atoms with E-state index in [1.54, 1.807) is 42.2 Å². The second-order valence-corrected chi connectivity index (χ2v) is 7.35. The summed E-state index contributed by atoms with van der Waals surface area (Å²) in [5, 5.41) is 4.39. The predicted molar refractivity (Wildman–Crippen MR) is 115 cm³/mol. The molecule has 4 nitrogen and oxygen atoms in total. The summed E-state index contributed by atoms with van der Waals surface area (Å²) in [6.45, 7) is 0.116. The van der Waals surface area contributed by atoms with Gasteiger partial charge in [-0.15, -0.1) is 11.8 Å². The van der Waals surface area contributed by atoms with Crippen LogP contribution in [0.3, 0.4) is 0 Å². The fourth-order valence-corrected chi connectivity index (χ4v) is 3.09. The molecule has 3 aromatic rings. The summed E-state index contributed by atoms with van der Waals surface area (Å²) in [6.07, 6.45) is 3.56. The lowest BCUT2D eigenvalue weighted by molar-refractivity contribution is 0.0950. The van der Waals surface area contributed by atoms with Crippen molar-refractivity contribution in [2.75, 3.05) is 6.26 Å². The first-order valence-corrected chi connectivity index (χ1v) is 10.3. The second kappa shape index (κ2) is 10.1. The lowest BCUT2D eigenvalue weighted by Crippen LogP contribution is -2.18. The van der Waals surface area contributed by atoms with Gasteiger partial charge in [-0.05, 0) is 59.8 Å². The monoisotopic (exact) mass is 428 g/mol. The Balaban J connectivity index is 1.68. The van der Waals surface area contributed by atoms with Crippen molar-refractivity contribution >= 4 is 35.5 Å². The van der Waals surface area contributed by atoms with Crippen LogP contribution in [0, 0.1) is 5.82 Å². The van der Waals surface area contributed by atoms with Crippen molar-refractivity contribution in [3.05, 3.63) is 94.3 Å². The van der Waals surface area contributed by atoms with E-state index in [-0.39, 0.29) is 18.0 Å². The average molecular weight is 429 g/mol. The Hall–Kier alpha value is -2.83. The normalized spacial score (nSPS) is 10.9. The van der Waals surface area contributed by atoms with E-state index in [1.165, 1.54) is 18.2 Å². The second-order valence-electron chi connectivity index (χ2n) is 6.03. The average Bonchev–Trinajstić information content (AvgIpc) is 2.73. The van der Waals surface area contributed by atoms with Crippen LogP contribution >= 0.6 is 23.4 Å². The van der Waals surface area contributed by atoms with Gasteiger partial charge in [0.1, 0.15) is 18.2 Å². The molecule has 29 heavy (non-hydrogen) atoms. The van der Waals surface area contributed by atoms with Gasteiger partial charge >= 0.3 is 0 Å². The molecule has 0 aliphatic heterocycles. The lowest BCUT2D eigenvalue weighted by Gasteiger charge is -2.11. The van der Waals surface area contributed by atoms with E-state index in [9.17, 15) is 9.18 Å². The standard InChI is InChI=1S/C22H18ClFN2O2S/c1-29-19-8-5-15(6-9-19)13-25-26-22(27)20-12-17(23)7-10-21(20)28-14-16-3-2-4-18(24)11-16/h2-13H,14H2,1H3,(H,26,27). The van der Waals surface area contributed by atoms with Crippen LogP contribution < -0.4 is 10.2 Å². The number of amides is 1. The van der Waals surface area contributed by atoms with E-state index < -0.39 is 5.91 Å². The van der Waals surface area contributed by atoms with Gasteiger partial charge in [-0.25, -0.2) is 9.82 Å². The van der Waals surface area contributed by atoms with Gasteiger partial charge in [0.05, 0.1) is 11.8 Å². The summed E-state index contributed by atoms with van der Waals surface area (Å²) in [7, 11) is 0. The van der Waals surface area contributed by atoms with Crippen molar-refractivity contribution in [2.45, 2.75) is 11.5 Å². The lowest BCUT2D eigenvalue weighted by atomic mass is 10.2. The Morgan fingerprint density at radius 2 is 1.97 bits per heavy atom. The molecule has 0 aliphatic carbocycles. The SMILES string of the molecule is CSc1ccc(C=NNC(=O)c2cc(Cl)ccc2OCc2cccc(F)c2)cc1.